The molecule has 0 aliphatic carbocycles. The molecule has 1 aromatic carbocycles. The molecule has 0 saturated heterocycles. The Balaban J connectivity index is 2.06. The molecule has 3 aromatic rings. The summed E-state index contributed by atoms with van der Waals surface area (Å²) >= 11 is 0. The zero-order valence-electron chi connectivity index (χ0n) is 11.3. The van der Waals surface area contributed by atoms with E-state index < -0.39 is 0 Å². The smallest absolute Gasteiger partial charge is 0.163 e. The lowest BCUT2D eigenvalue weighted by atomic mass is 10.2. The molecule has 0 unspecified atom stereocenters. The van der Waals surface area contributed by atoms with Crippen LogP contribution in [0.1, 0.15) is 11.4 Å². The summed E-state index contributed by atoms with van der Waals surface area (Å²) in [6.45, 7) is 2.31. The van der Waals surface area contributed by atoms with Crippen molar-refractivity contribution in [1.29, 1.82) is 0 Å². The molecule has 3 rings (SSSR count). The highest BCUT2D eigenvalue weighted by atomic mass is 19.1. The number of hydrogen-bond donors (Lipinski definition) is 1. The Labute approximate surface area is 115 Å². The maximum atomic E-state index is 13.2. The molecule has 0 radical (unpaired) electrons. The number of benzene rings is 1. The highest BCUT2D eigenvalue weighted by Gasteiger charge is 2.11. The van der Waals surface area contributed by atoms with Gasteiger partial charge in [0.2, 0.25) is 0 Å². The Hall–Kier alpha value is -2.50. The van der Waals surface area contributed by atoms with Crippen molar-refractivity contribution in [2.75, 3.05) is 12.4 Å². The predicted octanol–water partition coefficient (Wildman–Crippen LogP) is 2.36. The predicted molar refractivity (Wildman–Crippen MR) is 75.1 cm³/mol. The molecular weight excluding hydrogens is 257 g/mol. The Morgan fingerprint density at radius 3 is 2.90 bits per heavy atom. The topological polar surface area (TPSA) is 55.6 Å². The van der Waals surface area contributed by atoms with Crippen LogP contribution >= 0.6 is 0 Å². The fourth-order valence-corrected chi connectivity index (χ4v) is 2.18. The first kappa shape index (κ1) is 12.5. The summed E-state index contributed by atoms with van der Waals surface area (Å²) in [6.07, 6.45) is 1.72. The number of anilines is 1. The number of nitrogens with zero attached hydrogens (tertiary/aromatic N) is 4. The van der Waals surface area contributed by atoms with Gasteiger partial charge in [0.1, 0.15) is 17.5 Å². The minimum Gasteiger partial charge on any atom is -0.372 e. The minimum absolute atomic E-state index is 0.249. The minimum atomic E-state index is -0.249. The molecule has 5 nitrogen and oxygen atoms in total. The summed E-state index contributed by atoms with van der Waals surface area (Å²) in [6, 6.07) is 6.48. The van der Waals surface area contributed by atoms with Gasteiger partial charge in [-0.15, -0.1) is 0 Å². The highest BCUT2D eigenvalue weighted by Crippen LogP contribution is 2.20. The van der Waals surface area contributed by atoms with Gasteiger partial charge >= 0.3 is 0 Å². The molecule has 0 spiro atoms. The second kappa shape index (κ2) is 4.88. The molecular formula is C14H14FN5. The molecule has 0 amide bonds. The van der Waals surface area contributed by atoms with Crippen molar-refractivity contribution in [2.45, 2.75) is 13.5 Å². The van der Waals surface area contributed by atoms with Crippen molar-refractivity contribution in [1.82, 2.24) is 19.7 Å². The van der Waals surface area contributed by atoms with Gasteiger partial charge in [-0.25, -0.2) is 19.0 Å². The zero-order valence-corrected chi connectivity index (χ0v) is 11.3. The van der Waals surface area contributed by atoms with Crippen molar-refractivity contribution < 1.29 is 4.39 Å². The summed E-state index contributed by atoms with van der Waals surface area (Å²) in [5, 5.41) is 8.21. The van der Waals surface area contributed by atoms with E-state index in [1.807, 2.05) is 20.0 Å². The molecule has 0 aliphatic heterocycles. The first-order valence-electron chi connectivity index (χ1n) is 6.30. The van der Waals surface area contributed by atoms with Crippen LogP contribution in [0.3, 0.4) is 0 Å². The Morgan fingerprint density at radius 2 is 2.15 bits per heavy atom. The monoisotopic (exact) mass is 271 g/mol. The van der Waals surface area contributed by atoms with Crippen LogP contribution in [-0.2, 0) is 6.54 Å². The van der Waals surface area contributed by atoms with Crippen LogP contribution in [0.15, 0.2) is 30.5 Å². The van der Waals surface area contributed by atoms with E-state index in [4.69, 9.17) is 0 Å². The molecule has 0 atom stereocenters. The number of halogens is 1. The number of nitrogens with one attached hydrogen (secondary N) is 1. The molecule has 0 fully saturated rings. The van der Waals surface area contributed by atoms with Crippen molar-refractivity contribution in [3.05, 3.63) is 47.7 Å². The summed E-state index contributed by atoms with van der Waals surface area (Å²) in [5.74, 6) is 1.17. The van der Waals surface area contributed by atoms with Crippen molar-refractivity contribution in [3.8, 4) is 0 Å². The lowest BCUT2D eigenvalue weighted by molar-refractivity contribution is 0.620. The van der Waals surface area contributed by atoms with Gasteiger partial charge in [-0.1, -0.05) is 12.1 Å². The third-order valence-corrected chi connectivity index (χ3v) is 3.07. The van der Waals surface area contributed by atoms with Gasteiger partial charge in [-0.3, -0.25) is 0 Å². The lowest BCUT2D eigenvalue weighted by Gasteiger charge is -2.06. The van der Waals surface area contributed by atoms with Crippen LogP contribution in [0.5, 0.6) is 0 Å². The molecule has 0 bridgehead atoms. The Bertz CT molecular complexity index is 765. The molecule has 102 valence electrons. The number of fused-ring (bicyclic) bond motifs is 1. The van der Waals surface area contributed by atoms with Gasteiger partial charge in [-0.2, -0.15) is 5.10 Å². The first-order chi connectivity index (χ1) is 9.67. The lowest BCUT2D eigenvalue weighted by Crippen LogP contribution is -2.05. The quantitative estimate of drug-likeness (QED) is 0.794. The van der Waals surface area contributed by atoms with Crippen LogP contribution in [0.25, 0.3) is 11.0 Å². The maximum Gasteiger partial charge on any atom is 0.163 e. The van der Waals surface area contributed by atoms with Gasteiger partial charge in [0.25, 0.3) is 0 Å². The summed E-state index contributed by atoms with van der Waals surface area (Å²) < 4.78 is 15.0. The molecule has 20 heavy (non-hydrogen) atoms. The Morgan fingerprint density at radius 1 is 1.30 bits per heavy atom. The van der Waals surface area contributed by atoms with Gasteiger partial charge in [-0.05, 0) is 24.6 Å². The van der Waals surface area contributed by atoms with E-state index in [2.05, 4.69) is 20.4 Å². The fraction of sp³-hybridized carbons (Fsp3) is 0.214. The molecule has 0 saturated carbocycles. The van der Waals surface area contributed by atoms with E-state index >= 15 is 0 Å². The Kier molecular flexibility index (Phi) is 3.06. The molecule has 2 aromatic heterocycles. The van der Waals surface area contributed by atoms with E-state index in [0.717, 1.165) is 22.4 Å². The van der Waals surface area contributed by atoms with E-state index in [0.29, 0.717) is 12.4 Å². The van der Waals surface area contributed by atoms with E-state index in [1.165, 1.54) is 12.1 Å². The summed E-state index contributed by atoms with van der Waals surface area (Å²) in [4.78, 5) is 8.74. The van der Waals surface area contributed by atoms with Crippen LogP contribution in [0, 0.1) is 12.7 Å². The van der Waals surface area contributed by atoms with E-state index in [-0.39, 0.29) is 5.82 Å². The average molecular weight is 271 g/mol. The third kappa shape index (κ3) is 2.20. The second-order valence-corrected chi connectivity index (χ2v) is 4.54. The van der Waals surface area contributed by atoms with Gasteiger partial charge in [0, 0.05) is 7.05 Å². The average Bonchev–Trinajstić information content (AvgIpc) is 2.81. The second-order valence-electron chi connectivity index (χ2n) is 4.54. The molecule has 0 aliphatic rings. The number of aryl methyl sites for hydroxylation is 1. The largest absolute Gasteiger partial charge is 0.372 e. The normalized spacial score (nSPS) is 10.9. The zero-order chi connectivity index (χ0) is 14.1. The van der Waals surface area contributed by atoms with Gasteiger partial charge in [0.15, 0.2) is 5.65 Å². The number of aromatic nitrogens is 4. The summed E-state index contributed by atoms with van der Waals surface area (Å²) in [5.41, 5.74) is 1.59. The van der Waals surface area contributed by atoms with Crippen LogP contribution in [-0.4, -0.2) is 26.8 Å². The number of hydrogen-bond acceptors (Lipinski definition) is 4. The van der Waals surface area contributed by atoms with Crippen molar-refractivity contribution in [3.63, 3.8) is 0 Å². The van der Waals surface area contributed by atoms with Crippen LogP contribution in [0.4, 0.5) is 10.2 Å². The SMILES string of the molecule is CNc1nc(C)nc2c1cnn2Cc1cccc(F)c1. The molecule has 2 heterocycles. The van der Waals surface area contributed by atoms with Gasteiger partial charge < -0.3 is 5.32 Å². The van der Waals surface area contributed by atoms with E-state index in [9.17, 15) is 4.39 Å². The molecule has 6 heteroatoms. The van der Waals surface area contributed by atoms with Crippen molar-refractivity contribution >= 4 is 16.9 Å². The standard InChI is InChI=1S/C14H14FN5/c1-9-18-13(16-2)12-7-17-20(14(12)19-9)8-10-4-3-5-11(15)6-10/h3-7H,8H2,1-2H3,(H,16,18,19). The van der Waals surface area contributed by atoms with Crippen molar-refractivity contribution in [2.24, 2.45) is 0 Å². The third-order valence-electron chi connectivity index (χ3n) is 3.07. The summed E-state index contributed by atoms with van der Waals surface area (Å²) in [7, 11) is 1.81. The maximum absolute atomic E-state index is 13.2. The first-order valence-corrected chi connectivity index (χ1v) is 6.30. The number of rotatable bonds is 3. The highest BCUT2D eigenvalue weighted by molar-refractivity contribution is 5.86. The van der Waals surface area contributed by atoms with Crippen LogP contribution < -0.4 is 5.32 Å². The van der Waals surface area contributed by atoms with Crippen LogP contribution in [0.2, 0.25) is 0 Å². The fourth-order valence-electron chi connectivity index (χ4n) is 2.18. The van der Waals surface area contributed by atoms with Gasteiger partial charge in [0.05, 0.1) is 18.1 Å². The molecule has 1 N–H and O–H groups in total. The van der Waals surface area contributed by atoms with E-state index in [1.54, 1.807) is 16.9 Å².